The number of nitrogens with one attached hydrogen (secondary N) is 1. The number of aryl methyl sites for hydroxylation is 1. The number of carbonyl (C=O) groups is 2. The number of thiazole rings is 1. The number of nitrogens with zero attached hydrogens (tertiary/aromatic N) is 2. The zero-order valence-electron chi connectivity index (χ0n) is 12.4. The number of carbonyl (C=O) groups excluding carboxylic acids is 2. The van der Waals surface area contributed by atoms with Crippen molar-refractivity contribution in [1.29, 1.82) is 0 Å². The van der Waals surface area contributed by atoms with Gasteiger partial charge in [-0.3, -0.25) is 14.5 Å². The van der Waals surface area contributed by atoms with E-state index in [2.05, 4.69) is 10.3 Å². The van der Waals surface area contributed by atoms with Gasteiger partial charge in [0.25, 0.3) is 11.8 Å². The number of aliphatic hydroxyl groups excluding tert-OH is 1. The molecule has 0 bridgehead atoms. The van der Waals surface area contributed by atoms with Gasteiger partial charge in [-0.1, -0.05) is 12.1 Å². The summed E-state index contributed by atoms with van der Waals surface area (Å²) in [7, 11) is 0. The lowest BCUT2D eigenvalue weighted by atomic mass is 10.1. The summed E-state index contributed by atoms with van der Waals surface area (Å²) in [5.41, 5.74) is 2.71. The molecule has 0 spiro atoms. The molecule has 2 aromatic rings. The molecule has 1 aromatic heterocycles. The summed E-state index contributed by atoms with van der Waals surface area (Å²) >= 11 is 1.57. The quantitative estimate of drug-likeness (QED) is 0.817. The van der Waals surface area contributed by atoms with Crippen LogP contribution in [0.15, 0.2) is 41.4 Å². The Hall–Kier alpha value is -2.51. The fourth-order valence-corrected chi connectivity index (χ4v) is 2.94. The second-order valence-corrected chi connectivity index (χ2v) is 6.10. The van der Waals surface area contributed by atoms with Crippen LogP contribution in [0.3, 0.4) is 0 Å². The maximum Gasteiger partial charge on any atom is 0.277 e. The van der Waals surface area contributed by atoms with Crippen LogP contribution in [0.25, 0.3) is 11.3 Å². The van der Waals surface area contributed by atoms with Gasteiger partial charge < -0.3 is 10.4 Å². The van der Waals surface area contributed by atoms with Crippen molar-refractivity contribution in [1.82, 2.24) is 9.88 Å². The minimum Gasteiger partial charge on any atom is -0.395 e. The molecule has 0 saturated heterocycles. The highest BCUT2D eigenvalue weighted by atomic mass is 32.1. The van der Waals surface area contributed by atoms with Gasteiger partial charge >= 0.3 is 0 Å². The zero-order chi connectivity index (χ0) is 16.4. The van der Waals surface area contributed by atoms with Gasteiger partial charge in [0.1, 0.15) is 5.70 Å². The molecule has 0 fully saturated rings. The molecule has 2 heterocycles. The third-order valence-electron chi connectivity index (χ3n) is 3.39. The molecule has 1 aromatic carbocycles. The maximum atomic E-state index is 12.1. The first-order chi connectivity index (χ1) is 11.1. The molecule has 6 nitrogen and oxygen atoms in total. The number of anilines is 1. The first-order valence-corrected chi connectivity index (χ1v) is 7.94. The van der Waals surface area contributed by atoms with E-state index in [1.165, 1.54) is 6.08 Å². The molecule has 118 valence electrons. The van der Waals surface area contributed by atoms with Crippen LogP contribution in [0.1, 0.15) is 5.01 Å². The number of aromatic nitrogens is 1. The van der Waals surface area contributed by atoms with E-state index in [1.807, 2.05) is 36.6 Å². The lowest BCUT2D eigenvalue weighted by Gasteiger charge is -2.13. The van der Waals surface area contributed by atoms with E-state index in [0.29, 0.717) is 5.69 Å². The number of hydrogen-bond acceptors (Lipinski definition) is 6. The summed E-state index contributed by atoms with van der Waals surface area (Å²) in [5, 5.41) is 14.8. The minimum absolute atomic E-state index is 0.00249. The van der Waals surface area contributed by atoms with E-state index in [-0.39, 0.29) is 18.8 Å². The van der Waals surface area contributed by atoms with Crippen molar-refractivity contribution in [3.63, 3.8) is 0 Å². The summed E-state index contributed by atoms with van der Waals surface area (Å²) in [6, 6.07) is 7.49. The van der Waals surface area contributed by atoms with Crippen molar-refractivity contribution in [3.8, 4) is 11.3 Å². The van der Waals surface area contributed by atoms with E-state index in [9.17, 15) is 9.59 Å². The molecule has 1 aliphatic heterocycles. The van der Waals surface area contributed by atoms with Crippen LogP contribution >= 0.6 is 11.3 Å². The molecule has 0 unspecified atom stereocenters. The molecule has 0 radical (unpaired) electrons. The molecule has 1 aliphatic rings. The Morgan fingerprint density at radius 2 is 2.17 bits per heavy atom. The Morgan fingerprint density at radius 1 is 1.35 bits per heavy atom. The second kappa shape index (κ2) is 6.31. The fourth-order valence-electron chi connectivity index (χ4n) is 2.32. The number of amides is 2. The number of β-amino-alcohol motifs (C(OH)–C–C–N with tert-alkyl or cyclic N) is 1. The maximum absolute atomic E-state index is 12.1. The van der Waals surface area contributed by atoms with E-state index in [4.69, 9.17) is 5.11 Å². The van der Waals surface area contributed by atoms with Crippen LogP contribution < -0.4 is 5.32 Å². The molecular weight excluding hydrogens is 314 g/mol. The third-order valence-corrected chi connectivity index (χ3v) is 4.16. The summed E-state index contributed by atoms with van der Waals surface area (Å²) in [6.07, 6.45) is 1.25. The fraction of sp³-hybridized carbons (Fsp3) is 0.188. The summed E-state index contributed by atoms with van der Waals surface area (Å²) in [6.45, 7) is 1.69. The zero-order valence-corrected chi connectivity index (χ0v) is 13.3. The van der Waals surface area contributed by atoms with Crippen LogP contribution in [0, 0.1) is 6.92 Å². The number of aliphatic hydroxyl groups is 1. The highest BCUT2D eigenvalue weighted by molar-refractivity contribution is 7.09. The third kappa shape index (κ3) is 3.15. The van der Waals surface area contributed by atoms with Gasteiger partial charge in [-0.2, -0.15) is 0 Å². The summed E-state index contributed by atoms with van der Waals surface area (Å²) in [5.74, 6) is -0.850. The Bertz CT molecular complexity index is 797. The molecule has 7 heteroatoms. The summed E-state index contributed by atoms with van der Waals surface area (Å²) in [4.78, 5) is 29.3. The second-order valence-electron chi connectivity index (χ2n) is 5.03. The molecule has 23 heavy (non-hydrogen) atoms. The lowest BCUT2D eigenvalue weighted by molar-refractivity contribution is -0.137. The van der Waals surface area contributed by atoms with Crippen LogP contribution in [0.4, 0.5) is 5.69 Å². The topological polar surface area (TPSA) is 82.5 Å². The van der Waals surface area contributed by atoms with E-state index >= 15 is 0 Å². The van der Waals surface area contributed by atoms with E-state index < -0.39 is 11.8 Å². The van der Waals surface area contributed by atoms with Crippen molar-refractivity contribution >= 4 is 28.8 Å². The highest BCUT2D eigenvalue weighted by Gasteiger charge is 2.30. The van der Waals surface area contributed by atoms with Crippen LogP contribution in [0.2, 0.25) is 0 Å². The molecule has 2 N–H and O–H groups in total. The van der Waals surface area contributed by atoms with Gasteiger partial charge in [0.05, 0.1) is 23.9 Å². The van der Waals surface area contributed by atoms with Gasteiger partial charge in [0, 0.05) is 22.7 Å². The number of rotatable bonds is 5. The van der Waals surface area contributed by atoms with Gasteiger partial charge in [-0.05, 0) is 19.1 Å². The van der Waals surface area contributed by atoms with Crippen molar-refractivity contribution in [2.24, 2.45) is 0 Å². The van der Waals surface area contributed by atoms with Crippen LogP contribution in [-0.4, -0.2) is 40.0 Å². The largest absolute Gasteiger partial charge is 0.395 e. The lowest BCUT2D eigenvalue weighted by Crippen LogP contribution is -2.34. The van der Waals surface area contributed by atoms with Crippen molar-refractivity contribution in [2.45, 2.75) is 6.92 Å². The van der Waals surface area contributed by atoms with Gasteiger partial charge in [-0.15, -0.1) is 11.3 Å². The van der Waals surface area contributed by atoms with Crippen molar-refractivity contribution < 1.29 is 14.7 Å². The summed E-state index contributed by atoms with van der Waals surface area (Å²) < 4.78 is 0. The Morgan fingerprint density at radius 3 is 2.87 bits per heavy atom. The smallest absolute Gasteiger partial charge is 0.277 e. The monoisotopic (exact) mass is 329 g/mol. The number of hydrogen-bond donors (Lipinski definition) is 2. The highest BCUT2D eigenvalue weighted by Crippen LogP contribution is 2.25. The van der Waals surface area contributed by atoms with E-state index in [1.54, 1.807) is 11.3 Å². The predicted octanol–water partition coefficient (Wildman–Crippen LogP) is 1.78. The standard InChI is InChI=1S/C16H15N3O3S/c1-10-17-14(9-23-10)11-3-2-4-12(7-11)18-13-8-15(21)19(5-6-20)16(13)22/h2-4,7-9,18,20H,5-6H2,1H3. The number of benzene rings is 1. The Labute approximate surface area is 137 Å². The molecule has 3 rings (SSSR count). The van der Waals surface area contributed by atoms with Crippen LogP contribution in [0.5, 0.6) is 0 Å². The number of imide groups is 1. The normalized spacial score (nSPS) is 14.3. The minimum atomic E-state index is -0.432. The molecular formula is C16H15N3O3S. The average molecular weight is 329 g/mol. The molecule has 0 saturated carbocycles. The molecule has 0 aliphatic carbocycles. The van der Waals surface area contributed by atoms with Crippen molar-refractivity contribution in [3.05, 3.63) is 46.4 Å². The van der Waals surface area contributed by atoms with Crippen molar-refractivity contribution in [2.75, 3.05) is 18.5 Å². The van der Waals surface area contributed by atoms with Gasteiger partial charge in [-0.25, -0.2) is 4.98 Å². The first-order valence-electron chi connectivity index (χ1n) is 7.06. The first kappa shape index (κ1) is 15.4. The van der Waals surface area contributed by atoms with Crippen LogP contribution in [-0.2, 0) is 9.59 Å². The Kier molecular flexibility index (Phi) is 4.22. The molecule has 0 atom stereocenters. The van der Waals surface area contributed by atoms with E-state index in [0.717, 1.165) is 21.2 Å². The van der Waals surface area contributed by atoms with Gasteiger partial charge in [0.2, 0.25) is 0 Å². The average Bonchev–Trinajstić information content (AvgIpc) is 3.07. The van der Waals surface area contributed by atoms with Gasteiger partial charge in [0.15, 0.2) is 0 Å². The molecule has 2 amide bonds. The predicted molar refractivity (Wildman–Crippen MR) is 87.8 cm³/mol. The Balaban J connectivity index is 1.80. The SMILES string of the molecule is Cc1nc(-c2cccc(NC3=CC(=O)N(CCO)C3=O)c2)cs1.